The zero-order valence-electron chi connectivity index (χ0n) is 17.0. The first-order valence-electron chi connectivity index (χ1n) is 10.9. The first kappa shape index (κ1) is 19.2. The second-order valence-corrected chi connectivity index (χ2v) is 8.49. The highest BCUT2D eigenvalue weighted by Gasteiger charge is 2.33. The lowest BCUT2D eigenvalue weighted by molar-refractivity contribution is -0.130. The van der Waals surface area contributed by atoms with E-state index in [4.69, 9.17) is 0 Å². The molecule has 3 heterocycles. The van der Waals surface area contributed by atoms with Gasteiger partial charge in [-0.1, -0.05) is 19.3 Å². The number of amides is 2. The average Bonchev–Trinajstić information content (AvgIpc) is 3.19. The third-order valence-corrected chi connectivity index (χ3v) is 6.78. The Balaban J connectivity index is 1.43. The number of hydrogen-bond donors (Lipinski definition) is 0. The van der Waals surface area contributed by atoms with Crippen molar-refractivity contribution in [2.75, 3.05) is 31.6 Å². The summed E-state index contributed by atoms with van der Waals surface area (Å²) in [6, 6.07) is 4.56. The van der Waals surface area contributed by atoms with E-state index in [0.29, 0.717) is 24.1 Å². The Bertz CT molecular complexity index is 708. The van der Waals surface area contributed by atoms with Crippen molar-refractivity contribution in [2.24, 2.45) is 0 Å². The van der Waals surface area contributed by atoms with Crippen LogP contribution in [0.1, 0.15) is 68.1 Å². The monoisotopic (exact) mass is 384 g/mol. The molecule has 0 bridgehead atoms. The highest BCUT2D eigenvalue weighted by Crippen LogP contribution is 2.29. The summed E-state index contributed by atoms with van der Waals surface area (Å²) in [5.74, 6) is 1.18. The predicted octanol–water partition coefficient (Wildman–Crippen LogP) is 3.08. The molecule has 152 valence electrons. The van der Waals surface area contributed by atoms with Crippen LogP contribution in [-0.2, 0) is 4.79 Å². The van der Waals surface area contributed by atoms with Crippen LogP contribution < -0.4 is 4.90 Å². The van der Waals surface area contributed by atoms with Gasteiger partial charge in [0.05, 0.1) is 5.56 Å². The number of pyridine rings is 1. The number of piperidine rings is 1. The van der Waals surface area contributed by atoms with Gasteiger partial charge in [0.2, 0.25) is 5.91 Å². The van der Waals surface area contributed by atoms with E-state index in [0.717, 1.165) is 44.7 Å². The minimum absolute atomic E-state index is 0.0805. The zero-order chi connectivity index (χ0) is 19.5. The summed E-state index contributed by atoms with van der Waals surface area (Å²) >= 11 is 0. The summed E-state index contributed by atoms with van der Waals surface area (Å²) in [7, 11) is 2.08. The summed E-state index contributed by atoms with van der Waals surface area (Å²) in [5.41, 5.74) is 0.714. The molecule has 0 radical (unpaired) electrons. The molecule has 0 N–H and O–H groups in total. The fourth-order valence-electron chi connectivity index (χ4n) is 5.09. The number of nitrogens with zero attached hydrogens (tertiary/aromatic N) is 4. The Morgan fingerprint density at radius 3 is 2.50 bits per heavy atom. The quantitative estimate of drug-likeness (QED) is 0.801. The van der Waals surface area contributed by atoms with Crippen LogP contribution in [0.5, 0.6) is 0 Å². The maximum Gasteiger partial charge on any atom is 0.257 e. The van der Waals surface area contributed by atoms with Gasteiger partial charge in [-0.25, -0.2) is 4.98 Å². The minimum atomic E-state index is 0.0805. The molecule has 0 aromatic carbocycles. The maximum absolute atomic E-state index is 13.3. The Labute approximate surface area is 167 Å². The molecular weight excluding hydrogens is 352 g/mol. The van der Waals surface area contributed by atoms with Crippen molar-refractivity contribution in [3.8, 4) is 0 Å². The SMILES string of the molecule is CN(c1ncccc1C(=O)N1CCC(N2CCCC2=O)CC1)C1CCCCC1. The van der Waals surface area contributed by atoms with Gasteiger partial charge in [0, 0.05) is 51.4 Å². The fourth-order valence-corrected chi connectivity index (χ4v) is 5.09. The molecule has 3 fully saturated rings. The molecule has 2 aliphatic heterocycles. The number of carbonyl (C=O) groups is 2. The number of carbonyl (C=O) groups excluding carboxylic acids is 2. The molecule has 2 amide bonds. The van der Waals surface area contributed by atoms with E-state index in [-0.39, 0.29) is 11.8 Å². The average molecular weight is 385 g/mol. The van der Waals surface area contributed by atoms with E-state index in [9.17, 15) is 9.59 Å². The number of hydrogen-bond acceptors (Lipinski definition) is 4. The summed E-state index contributed by atoms with van der Waals surface area (Å²) in [6.45, 7) is 2.32. The number of aromatic nitrogens is 1. The van der Waals surface area contributed by atoms with E-state index in [1.165, 1.54) is 32.1 Å². The number of rotatable bonds is 4. The van der Waals surface area contributed by atoms with Crippen molar-refractivity contribution < 1.29 is 9.59 Å². The van der Waals surface area contributed by atoms with Gasteiger partial charge < -0.3 is 14.7 Å². The Morgan fingerprint density at radius 2 is 1.82 bits per heavy atom. The molecule has 0 spiro atoms. The highest BCUT2D eigenvalue weighted by molar-refractivity contribution is 5.99. The van der Waals surface area contributed by atoms with Gasteiger partial charge in [0.25, 0.3) is 5.91 Å². The minimum Gasteiger partial charge on any atom is -0.356 e. The molecule has 1 aromatic heterocycles. The van der Waals surface area contributed by atoms with Gasteiger partial charge in [0.1, 0.15) is 5.82 Å². The van der Waals surface area contributed by atoms with Crippen LogP contribution in [0.3, 0.4) is 0 Å². The molecule has 6 nitrogen and oxygen atoms in total. The summed E-state index contributed by atoms with van der Waals surface area (Å²) < 4.78 is 0. The Kier molecular flexibility index (Phi) is 5.83. The topological polar surface area (TPSA) is 56.8 Å². The molecule has 28 heavy (non-hydrogen) atoms. The summed E-state index contributed by atoms with van der Waals surface area (Å²) in [5, 5.41) is 0. The standard InChI is InChI=1S/C22H32N4O2/c1-24(17-7-3-2-4-8-17)21-19(9-5-13-23-21)22(28)25-15-11-18(12-16-25)26-14-6-10-20(26)27/h5,9,13,17-18H,2-4,6-8,10-12,14-16H2,1H3. The number of anilines is 1. The van der Waals surface area contributed by atoms with Crippen LogP contribution in [0.2, 0.25) is 0 Å². The molecular formula is C22H32N4O2. The smallest absolute Gasteiger partial charge is 0.257 e. The molecule has 2 saturated heterocycles. The lowest BCUT2D eigenvalue weighted by Crippen LogP contribution is -2.47. The van der Waals surface area contributed by atoms with Crippen molar-refractivity contribution in [3.63, 3.8) is 0 Å². The van der Waals surface area contributed by atoms with Crippen molar-refractivity contribution in [2.45, 2.75) is 69.9 Å². The van der Waals surface area contributed by atoms with Gasteiger partial charge in [-0.05, 0) is 44.2 Å². The molecule has 1 aliphatic carbocycles. The lowest BCUT2D eigenvalue weighted by atomic mass is 9.94. The van der Waals surface area contributed by atoms with E-state index < -0.39 is 0 Å². The first-order valence-corrected chi connectivity index (χ1v) is 10.9. The molecule has 6 heteroatoms. The van der Waals surface area contributed by atoms with Crippen molar-refractivity contribution >= 4 is 17.6 Å². The van der Waals surface area contributed by atoms with Gasteiger partial charge in [0.15, 0.2) is 0 Å². The Hall–Kier alpha value is -2.11. The molecule has 4 rings (SSSR count). The van der Waals surface area contributed by atoms with Crippen LogP contribution in [-0.4, -0.2) is 65.4 Å². The second kappa shape index (κ2) is 8.50. The summed E-state index contributed by atoms with van der Waals surface area (Å²) in [6.07, 6.45) is 11.4. The van der Waals surface area contributed by atoms with Crippen molar-refractivity contribution in [1.82, 2.24) is 14.8 Å². The third kappa shape index (κ3) is 3.87. The van der Waals surface area contributed by atoms with Gasteiger partial charge in [-0.3, -0.25) is 9.59 Å². The first-order chi connectivity index (χ1) is 13.6. The van der Waals surface area contributed by atoms with Crippen LogP contribution in [0.15, 0.2) is 18.3 Å². The van der Waals surface area contributed by atoms with Crippen LogP contribution >= 0.6 is 0 Å². The van der Waals surface area contributed by atoms with E-state index in [1.54, 1.807) is 6.20 Å². The molecule has 0 atom stereocenters. The number of likely N-dealkylation sites (tertiary alicyclic amines) is 2. The van der Waals surface area contributed by atoms with E-state index >= 15 is 0 Å². The zero-order valence-corrected chi connectivity index (χ0v) is 17.0. The van der Waals surface area contributed by atoms with E-state index in [1.807, 2.05) is 21.9 Å². The predicted molar refractivity (Wildman–Crippen MR) is 109 cm³/mol. The van der Waals surface area contributed by atoms with Gasteiger partial charge in [-0.2, -0.15) is 0 Å². The maximum atomic E-state index is 13.3. The van der Waals surface area contributed by atoms with Gasteiger partial charge in [-0.15, -0.1) is 0 Å². The fraction of sp³-hybridized carbons (Fsp3) is 0.682. The third-order valence-electron chi connectivity index (χ3n) is 6.78. The molecule has 0 unspecified atom stereocenters. The Morgan fingerprint density at radius 1 is 1.07 bits per heavy atom. The molecule has 1 aromatic rings. The summed E-state index contributed by atoms with van der Waals surface area (Å²) in [4.78, 5) is 36.1. The van der Waals surface area contributed by atoms with Crippen molar-refractivity contribution in [3.05, 3.63) is 23.9 Å². The molecule has 3 aliphatic rings. The highest BCUT2D eigenvalue weighted by atomic mass is 16.2. The van der Waals surface area contributed by atoms with Crippen LogP contribution in [0.4, 0.5) is 5.82 Å². The van der Waals surface area contributed by atoms with Crippen molar-refractivity contribution in [1.29, 1.82) is 0 Å². The van der Waals surface area contributed by atoms with Crippen LogP contribution in [0.25, 0.3) is 0 Å². The van der Waals surface area contributed by atoms with E-state index in [2.05, 4.69) is 16.9 Å². The van der Waals surface area contributed by atoms with Crippen LogP contribution in [0, 0.1) is 0 Å². The largest absolute Gasteiger partial charge is 0.356 e. The lowest BCUT2D eigenvalue weighted by Gasteiger charge is -2.37. The second-order valence-electron chi connectivity index (χ2n) is 8.49. The van der Waals surface area contributed by atoms with Gasteiger partial charge >= 0.3 is 0 Å². The molecule has 1 saturated carbocycles. The normalized spacial score (nSPS) is 22.0.